The first-order chi connectivity index (χ1) is 6.06. The van der Waals surface area contributed by atoms with Gasteiger partial charge in [0.1, 0.15) is 0 Å². The molecule has 1 N–H and O–H groups in total. The topological polar surface area (TPSA) is 21.3 Å². The van der Waals surface area contributed by atoms with Gasteiger partial charge < -0.3 is 10.1 Å². The van der Waals surface area contributed by atoms with Gasteiger partial charge in [-0.25, -0.2) is 0 Å². The zero-order valence-electron chi connectivity index (χ0n) is 9.02. The molecule has 0 aliphatic heterocycles. The molecule has 13 heavy (non-hydrogen) atoms. The maximum atomic E-state index is 5.43. The van der Waals surface area contributed by atoms with Gasteiger partial charge in [-0.05, 0) is 11.8 Å². The van der Waals surface area contributed by atoms with E-state index in [1.54, 1.807) is 0 Å². The van der Waals surface area contributed by atoms with Crippen LogP contribution in [0.1, 0.15) is 27.2 Å². The summed E-state index contributed by atoms with van der Waals surface area (Å²) in [5, 5.41) is 3.07. The first kappa shape index (κ1) is 12.5. The van der Waals surface area contributed by atoms with Gasteiger partial charge in [-0.2, -0.15) is 0 Å². The molecule has 76 valence electrons. The highest BCUT2D eigenvalue weighted by atomic mass is 16.5. The van der Waals surface area contributed by atoms with E-state index < -0.39 is 0 Å². The van der Waals surface area contributed by atoms with Crippen LogP contribution in [0.5, 0.6) is 0 Å². The highest BCUT2D eigenvalue weighted by Crippen LogP contribution is 2.17. The van der Waals surface area contributed by atoms with Crippen molar-refractivity contribution in [3.05, 3.63) is 0 Å². The van der Waals surface area contributed by atoms with E-state index in [9.17, 15) is 0 Å². The molecule has 0 atom stereocenters. The van der Waals surface area contributed by atoms with Crippen molar-refractivity contribution < 1.29 is 4.74 Å². The van der Waals surface area contributed by atoms with Gasteiger partial charge in [0.15, 0.2) is 0 Å². The van der Waals surface area contributed by atoms with Crippen molar-refractivity contribution in [2.24, 2.45) is 5.41 Å². The van der Waals surface area contributed by atoms with Crippen LogP contribution in [0, 0.1) is 17.8 Å². The molecular formula is C11H21NO. The van der Waals surface area contributed by atoms with Crippen LogP contribution in [0.4, 0.5) is 0 Å². The van der Waals surface area contributed by atoms with Crippen molar-refractivity contribution in [3.8, 4) is 12.3 Å². The first-order valence-electron chi connectivity index (χ1n) is 4.78. The smallest absolute Gasteiger partial charge is 0.0591 e. The molecule has 0 aromatic heterocycles. The van der Waals surface area contributed by atoms with Crippen LogP contribution in [0.15, 0.2) is 0 Å². The van der Waals surface area contributed by atoms with Crippen LogP contribution in [-0.2, 0) is 4.74 Å². The van der Waals surface area contributed by atoms with Crippen molar-refractivity contribution in [2.75, 3.05) is 26.3 Å². The third-order valence-electron chi connectivity index (χ3n) is 1.65. The molecule has 0 unspecified atom stereocenters. The summed E-state index contributed by atoms with van der Waals surface area (Å²) in [5.74, 6) is 2.52. The summed E-state index contributed by atoms with van der Waals surface area (Å²) in [6.07, 6.45) is 6.17. The minimum atomic E-state index is 0.367. The molecule has 0 fully saturated rings. The summed E-state index contributed by atoms with van der Waals surface area (Å²) in [6, 6.07) is 0. The van der Waals surface area contributed by atoms with Gasteiger partial charge >= 0.3 is 0 Å². The molecule has 2 heteroatoms. The van der Waals surface area contributed by atoms with Crippen molar-refractivity contribution in [1.82, 2.24) is 5.32 Å². The Balaban J connectivity index is 3.05. The zero-order chi connectivity index (χ0) is 10.2. The van der Waals surface area contributed by atoms with Crippen LogP contribution in [-0.4, -0.2) is 26.3 Å². The molecule has 0 saturated heterocycles. The van der Waals surface area contributed by atoms with Gasteiger partial charge in [-0.3, -0.25) is 0 Å². The van der Waals surface area contributed by atoms with Crippen molar-refractivity contribution in [2.45, 2.75) is 27.2 Å². The summed E-state index contributed by atoms with van der Waals surface area (Å²) in [4.78, 5) is 0. The molecule has 0 rings (SSSR count). The van der Waals surface area contributed by atoms with Gasteiger partial charge in [-0.15, -0.1) is 6.42 Å². The van der Waals surface area contributed by atoms with Crippen molar-refractivity contribution in [3.63, 3.8) is 0 Å². The molecule has 0 aliphatic rings. The third kappa shape index (κ3) is 11.5. The predicted molar refractivity (Wildman–Crippen MR) is 56.6 cm³/mol. The SMILES string of the molecule is C#CCNCCOCCC(C)(C)C. The van der Waals surface area contributed by atoms with Gasteiger partial charge in [0.05, 0.1) is 13.2 Å². The molecule has 0 aliphatic carbocycles. The number of rotatable bonds is 6. The second-order valence-corrected chi connectivity index (χ2v) is 4.30. The Morgan fingerprint density at radius 3 is 2.54 bits per heavy atom. The van der Waals surface area contributed by atoms with Crippen LogP contribution < -0.4 is 5.32 Å². The van der Waals surface area contributed by atoms with E-state index in [0.29, 0.717) is 12.0 Å². The van der Waals surface area contributed by atoms with Crippen LogP contribution in [0.3, 0.4) is 0 Å². The molecule has 0 bridgehead atoms. The highest BCUT2D eigenvalue weighted by molar-refractivity contribution is 4.86. The lowest BCUT2D eigenvalue weighted by Crippen LogP contribution is -2.20. The van der Waals surface area contributed by atoms with Crippen molar-refractivity contribution >= 4 is 0 Å². The number of ether oxygens (including phenoxy) is 1. The molecule has 0 amide bonds. The molecule has 0 spiro atoms. The summed E-state index contributed by atoms with van der Waals surface area (Å²) in [6.45, 7) is 9.70. The Morgan fingerprint density at radius 2 is 2.00 bits per heavy atom. The molecular weight excluding hydrogens is 162 g/mol. The van der Waals surface area contributed by atoms with E-state index >= 15 is 0 Å². The number of nitrogens with one attached hydrogen (secondary N) is 1. The summed E-state index contributed by atoms with van der Waals surface area (Å²) in [5.41, 5.74) is 0.367. The predicted octanol–water partition coefficient (Wildman–Crippen LogP) is 1.66. The van der Waals surface area contributed by atoms with Gasteiger partial charge in [-0.1, -0.05) is 26.7 Å². The minimum absolute atomic E-state index is 0.367. The Bertz CT molecular complexity index is 152. The largest absolute Gasteiger partial charge is 0.380 e. The summed E-state index contributed by atoms with van der Waals surface area (Å²) < 4.78 is 5.43. The number of terminal acetylenes is 1. The van der Waals surface area contributed by atoms with Crippen LogP contribution >= 0.6 is 0 Å². The first-order valence-corrected chi connectivity index (χ1v) is 4.78. The fourth-order valence-electron chi connectivity index (χ4n) is 0.785. The number of hydrogen-bond acceptors (Lipinski definition) is 2. The Labute approximate surface area is 82.1 Å². The highest BCUT2D eigenvalue weighted by Gasteiger charge is 2.08. The Kier molecular flexibility index (Phi) is 6.66. The zero-order valence-corrected chi connectivity index (χ0v) is 9.02. The quantitative estimate of drug-likeness (QED) is 0.499. The summed E-state index contributed by atoms with van der Waals surface area (Å²) in [7, 11) is 0. The van der Waals surface area contributed by atoms with E-state index in [1.807, 2.05) is 0 Å². The standard InChI is InChI=1S/C11H21NO/c1-5-7-12-8-10-13-9-6-11(2,3)4/h1,12H,6-10H2,2-4H3. The van der Waals surface area contributed by atoms with Crippen molar-refractivity contribution in [1.29, 1.82) is 0 Å². The lowest BCUT2D eigenvalue weighted by molar-refractivity contribution is 0.110. The molecule has 0 radical (unpaired) electrons. The van der Waals surface area contributed by atoms with Gasteiger partial charge in [0, 0.05) is 13.2 Å². The molecule has 0 saturated carbocycles. The minimum Gasteiger partial charge on any atom is -0.380 e. The summed E-state index contributed by atoms with van der Waals surface area (Å²) >= 11 is 0. The molecule has 0 aromatic carbocycles. The van der Waals surface area contributed by atoms with Crippen LogP contribution in [0.2, 0.25) is 0 Å². The monoisotopic (exact) mass is 183 g/mol. The van der Waals surface area contributed by atoms with Gasteiger partial charge in [0.2, 0.25) is 0 Å². The van der Waals surface area contributed by atoms with E-state index in [2.05, 4.69) is 32.0 Å². The fraction of sp³-hybridized carbons (Fsp3) is 0.818. The van der Waals surface area contributed by atoms with E-state index in [0.717, 1.165) is 26.2 Å². The fourth-order valence-corrected chi connectivity index (χ4v) is 0.785. The third-order valence-corrected chi connectivity index (χ3v) is 1.65. The lowest BCUT2D eigenvalue weighted by atomic mass is 9.93. The maximum absolute atomic E-state index is 5.43. The second-order valence-electron chi connectivity index (χ2n) is 4.30. The van der Waals surface area contributed by atoms with Gasteiger partial charge in [0.25, 0.3) is 0 Å². The molecule has 0 aromatic rings. The molecule has 0 heterocycles. The van der Waals surface area contributed by atoms with Crippen LogP contribution in [0.25, 0.3) is 0 Å². The molecule has 2 nitrogen and oxygen atoms in total. The van der Waals surface area contributed by atoms with E-state index in [-0.39, 0.29) is 0 Å². The second kappa shape index (κ2) is 6.94. The maximum Gasteiger partial charge on any atom is 0.0591 e. The average Bonchev–Trinajstić information content (AvgIpc) is 2.01. The average molecular weight is 183 g/mol. The van der Waals surface area contributed by atoms with E-state index in [4.69, 9.17) is 11.2 Å². The number of hydrogen-bond donors (Lipinski definition) is 1. The van der Waals surface area contributed by atoms with E-state index in [1.165, 1.54) is 0 Å². The lowest BCUT2D eigenvalue weighted by Gasteiger charge is -2.17. The Hall–Kier alpha value is -0.520. The Morgan fingerprint density at radius 1 is 1.31 bits per heavy atom. The normalized spacial score (nSPS) is 11.2.